The Labute approximate surface area is 236 Å². The van der Waals surface area contributed by atoms with Gasteiger partial charge < -0.3 is 43.8 Å². The van der Waals surface area contributed by atoms with E-state index in [1.165, 1.54) is 0 Å². The molecule has 0 bridgehead atoms. The fourth-order valence-electron chi connectivity index (χ4n) is 3.19. The highest BCUT2D eigenvalue weighted by Crippen LogP contribution is 1.98. The van der Waals surface area contributed by atoms with E-state index in [4.69, 9.17) is 33.2 Å². The van der Waals surface area contributed by atoms with Crippen molar-refractivity contribution in [1.29, 1.82) is 0 Å². The molecule has 0 aliphatic carbocycles. The zero-order chi connectivity index (χ0) is 28.5. The summed E-state index contributed by atoms with van der Waals surface area (Å²) < 4.78 is 38.1. The third kappa shape index (κ3) is 32.8. The Kier molecular flexibility index (Phi) is 31.7. The second-order valence-corrected chi connectivity index (χ2v) is 8.90. The molecule has 0 unspecified atom stereocenters. The fraction of sp³-hybridized carbons (Fsp3) is 0.929. The van der Waals surface area contributed by atoms with Crippen molar-refractivity contribution in [2.24, 2.45) is 0 Å². The third-order valence-electron chi connectivity index (χ3n) is 5.38. The monoisotopic (exact) mass is 564 g/mol. The van der Waals surface area contributed by atoms with Gasteiger partial charge in [-0.1, -0.05) is 39.5 Å². The zero-order valence-electron chi connectivity index (χ0n) is 24.6. The fourth-order valence-corrected chi connectivity index (χ4v) is 3.19. The molecular weight excluding hydrogens is 508 g/mol. The number of amides is 2. The predicted octanol–water partition coefficient (Wildman–Crippen LogP) is 2.50. The standard InChI is InChI=1S/C28H56N2O9/c1-3-5-7-9-27(31)29-11-13-33-15-17-35-19-21-37-23-25-39-26-24-38-22-20-36-18-16-34-14-12-30-28(32)10-8-6-4-2/h3-26H2,1-2H3,(H,29,31)(H,30,32). The first-order chi connectivity index (χ1) is 19.2. The summed E-state index contributed by atoms with van der Waals surface area (Å²) in [7, 11) is 0. The molecular formula is C28H56N2O9. The highest BCUT2D eigenvalue weighted by Gasteiger charge is 2.01. The molecule has 0 aliphatic heterocycles. The van der Waals surface area contributed by atoms with Crippen LogP contribution >= 0.6 is 0 Å². The average Bonchev–Trinajstić information content (AvgIpc) is 2.93. The first-order valence-electron chi connectivity index (χ1n) is 14.8. The van der Waals surface area contributed by atoms with Crippen LogP contribution in [0.15, 0.2) is 0 Å². The third-order valence-corrected chi connectivity index (χ3v) is 5.38. The predicted molar refractivity (Wildman–Crippen MR) is 150 cm³/mol. The van der Waals surface area contributed by atoms with E-state index in [2.05, 4.69) is 24.5 Å². The smallest absolute Gasteiger partial charge is 0.220 e. The Morgan fingerprint density at radius 3 is 0.923 bits per heavy atom. The minimum Gasteiger partial charge on any atom is -0.377 e. The highest BCUT2D eigenvalue weighted by molar-refractivity contribution is 5.76. The Morgan fingerprint density at radius 2 is 0.667 bits per heavy atom. The number of ether oxygens (including phenoxy) is 7. The Morgan fingerprint density at radius 1 is 0.410 bits per heavy atom. The molecule has 11 nitrogen and oxygen atoms in total. The van der Waals surface area contributed by atoms with Crippen molar-refractivity contribution in [3.8, 4) is 0 Å². The molecule has 0 aromatic carbocycles. The summed E-state index contributed by atoms with van der Waals surface area (Å²) in [5.41, 5.74) is 0. The van der Waals surface area contributed by atoms with Crippen molar-refractivity contribution in [1.82, 2.24) is 10.6 Å². The van der Waals surface area contributed by atoms with E-state index >= 15 is 0 Å². The molecule has 0 saturated heterocycles. The highest BCUT2D eigenvalue weighted by atomic mass is 16.6. The van der Waals surface area contributed by atoms with Gasteiger partial charge in [0.05, 0.1) is 92.5 Å². The van der Waals surface area contributed by atoms with Crippen LogP contribution in [0.1, 0.15) is 65.2 Å². The molecule has 0 saturated carbocycles. The molecule has 0 aromatic rings. The maximum absolute atomic E-state index is 11.5. The lowest BCUT2D eigenvalue weighted by molar-refractivity contribution is -0.122. The van der Waals surface area contributed by atoms with Crippen LogP contribution in [0, 0.1) is 0 Å². The number of carbonyl (C=O) groups excluding carboxylic acids is 2. The van der Waals surface area contributed by atoms with E-state index < -0.39 is 0 Å². The Hall–Kier alpha value is -1.34. The summed E-state index contributed by atoms with van der Waals surface area (Å²) in [4.78, 5) is 23.1. The van der Waals surface area contributed by atoms with Gasteiger partial charge in [0, 0.05) is 25.9 Å². The van der Waals surface area contributed by atoms with Crippen LogP contribution in [-0.2, 0) is 42.7 Å². The number of unbranched alkanes of at least 4 members (excludes halogenated alkanes) is 4. The van der Waals surface area contributed by atoms with Gasteiger partial charge in [-0.3, -0.25) is 9.59 Å². The SMILES string of the molecule is CCCCCC(=O)NCCOCCOCCOCCOCCOCCOCCOCCNC(=O)CCCCC. The van der Waals surface area contributed by atoms with Crippen LogP contribution in [0.5, 0.6) is 0 Å². The first-order valence-corrected chi connectivity index (χ1v) is 14.8. The summed E-state index contributed by atoms with van der Waals surface area (Å²) in [6.45, 7) is 12.3. The van der Waals surface area contributed by atoms with Crippen LogP contribution in [0.3, 0.4) is 0 Å². The molecule has 2 amide bonds. The quantitative estimate of drug-likeness (QED) is 0.119. The normalized spacial score (nSPS) is 11.1. The van der Waals surface area contributed by atoms with Crippen molar-refractivity contribution in [3.05, 3.63) is 0 Å². The van der Waals surface area contributed by atoms with Gasteiger partial charge in [-0.15, -0.1) is 0 Å². The van der Waals surface area contributed by atoms with Gasteiger partial charge in [0.1, 0.15) is 0 Å². The molecule has 0 aromatic heterocycles. The van der Waals surface area contributed by atoms with Gasteiger partial charge in [0.15, 0.2) is 0 Å². The molecule has 0 rings (SSSR count). The van der Waals surface area contributed by atoms with E-state index in [0.717, 1.165) is 38.5 Å². The van der Waals surface area contributed by atoms with Gasteiger partial charge in [-0.2, -0.15) is 0 Å². The topological polar surface area (TPSA) is 123 Å². The van der Waals surface area contributed by atoms with Gasteiger partial charge in [0.2, 0.25) is 11.8 Å². The van der Waals surface area contributed by atoms with Crippen molar-refractivity contribution in [2.75, 3.05) is 106 Å². The minimum atomic E-state index is 0.0910. The molecule has 39 heavy (non-hydrogen) atoms. The average molecular weight is 565 g/mol. The number of rotatable bonds is 32. The molecule has 0 fully saturated rings. The summed E-state index contributed by atoms with van der Waals surface area (Å²) in [5.74, 6) is 0.182. The number of hydrogen-bond donors (Lipinski definition) is 2. The van der Waals surface area contributed by atoms with Gasteiger partial charge in [-0.25, -0.2) is 0 Å². The van der Waals surface area contributed by atoms with Crippen molar-refractivity contribution in [2.45, 2.75) is 65.2 Å². The van der Waals surface area contributed by atoms with Crippen LogP contribution in [-0.4, -0.2) is 117 Å². The molecule has 0 heterocycles. The summed E-state index contributed by atoms with van der Waals surface area (Å²) in [6.07, 6.45) is 7.48. The van der Waals surface area contributed by atoms with E-state index in [1.807, 2.05) is 0 Å². The molecule has 0 spiro atoms. The van der Waals surface area contributed by atoms with Crippen LogP contribution in [0.25, 0.3) is 0 Å². The van der Waals surface area contributed by atoms with E-state index in [9.17, 15) is 9.59 Å². The van der Waals surface area contributed by atoms with E-state index in [1.54, 1.807) is 0 Å². The lowest BCUT2D eigenvalue weighted by Gasteiger charge is -2.09. The van der Waals surface area contributed by atoms with Crippen molar-refractivity contribution < 1.29 is 42.7 Å². The summed E-state index contributed by atoms with van der Waals surface area (Å²) >= 11 is 0. The number of hydrogen-bond acceptors (Lipinski definition) is 9. The van der Waals surface area contributed by atoms with Crippen LogP contribution in [0.2, 0.25) is 0 Å². The van der Waals surface area contributed by atoms with Crippen molar-refractivity contribution in [3.63, 3.8) is 0 Å². The maximum Gasteiger partial charge on any atom is 0.220 e. The maximum atomic E-state index is 11.5. The number of carbonyl (C=O) groups is 2. The molecule has 0 atom stereocenters. The second-order valence-electron chi connectivity index (χ2n) is 8.90. The lowest BCUT2D eigenvalue weighted by atomic mass is 10.2. The molecule has 0 radical (unpaired) electrons. The summed E-state index contributed by atoms with van der Waals surface area (Å²) in [5, 5.41) is 5.70. The zero-order valence-corrected chi connectivity index (χ0v) is 24.6. The molecule has 11 heteroatoms. The summed E-state index contributed by atoms with van der Waals surface area (Å²) in [6, 6.07) is 0. The van der Waals surface area contributed by atoms with E-state index in [-0.39, 0.29) is 11.8 Å². The minimum absolute atomic E-state index is 0.0910. The van der Waals surface area contributed by atoms with Crippen molar-refractivity contribution >= 4 is 11.8 Å². The first kappa shape index (κ1) is 37.7. The Balaban J connectivity index is 3.11. The van der Waals surface area contributed by atoms with Gasteiger partial charge in [0.25, 0.3) is 0 Å². The van der Waals surface area contributed by atoms with Gasteiger partial charge >= 0.3 is 0 Å². The molecule has 232 valence electrons. The largest absolute Gasteiger partial charge is 0.377 e. The number of nitrogens with one attached hydrogen (secondary N) is 2. The molecule has 2 N–H and O–H groups in total. The lowest BCUT2D eigenvalue weighted by Crippen LogP contribution is -2.27. The molecule has 0 aliphatic rings. The second kappa shape index (κ2) is 32.9. The van der Waals surface area contributed by atoms with Crippen LogP contribution < -0.4 is 10.6 Å². The van der Waals surface area contributed by atoms with Gasteiger partial charge in [-0.05, 0) is 12.8 Å². The van der Waals surface area contributed by atoms with Crippen LogP contribution in [0.4, 0.5) is 0 Å². The van der Waals surface area contributed by atoms with E-state index in [0.29, 0.717) is 118 Å². The Bertz CT molecular complexity index is 483.